The van der Waals surface area contributed by atoms with Crippen molar-refractivity contribution in [2.45, 2.75) is 57.7 Å². The molecule has 0 radical (unpaired) electrons. The minimum atomic E-state index is 0.316. The summed E-state index contributed by atoms with van der Waals surface area (Å²) in [6.45, 7) is 2.24. The van der Waals surface area contributed by atoms with Crippen LogP contribution in [0.2, 0.25) is 0 Å². The minimum absolute atomic E-state index is 0.316. The lowest BCUT2D eigenvalue weighted by Crippen LogP contribution is -1.92. The molecular formula is C14H23ClO. The van der Waals surface area contributed by atoms with E-state index in [1.54, 1.807) is 0 Å². The first kappa shape index (κ1) is 13.8. The molecule has 0 unspecified atom stereocenters. The van der Waals surface area contributed by atoms with Gasteiger partial charge in [-0.25, -0.2) is 0 Å². The molecule has 1 aliphatic heterocycles. The van der Waals surface area contributed by atoms with Crippen molar-refractivity contribution in [3.8, 4) is 0 Å². The molecule has 1 nitrogen and oxygen atoms in total. The number of halogens is 1. The summed E-state index contributed by atoms with van der Waals surface area (Å²) in [5, 5.41) is 0. The third-order valence-corrected chi connectivity index (χ3v) is 3.09. The fourth-order valence-corrected chi connectivity index (χ4v) is 1.93. The van der Waals surface area contributed by atoms with Crippen LogP contribution in [0.5, 0.6) is 0 Å². The zero-order valence-corrected chi connectivity index (χ0v) is 11.0. The molecule has 0 N–H and O–H groups in total. The van der Waals surface area contributed by atoms with Gasteiger partial charge < -0.3 is 4.74 Å². The van der Waals surface area contributed by atoms with Crippen LogP contribution >= 0.6 is 11.6 Å². The van der Waals surface area contributed by atoms with Gasteiger partial charge in [0.15, 0.2) is 0 Å². The van der Waals surface area contributed by atoms with Gasteiger partial charge in [0.1, 0.15) is 0 Å². The highest BCUT2D eigenvalue weighted by Crippen LogP contribution is 2.26. The number of allylic oxidation sites excluding steroid dienone is 3. The lowest BCUT2D eigenvalue weighted by Gasteiger charge is -1.90. The van der Waals surface area contributed by atoms with Gasteiger partial charge in [0.25, 0.3) is 0 Å². The Morgan fingerprint density at radius 2 is 1.88 bits per heavy atom. The summed E-state index contributed by atoms with van der Waals surface area (Å²) in [5.74, 6) is 0.635. The zero-order chi connectivity index (χ0) is 11.6. The van der Waals surface area contributed by atoms with Crippen molar-refractivity contribution in [1.29, 1.82) is 0 Å². The predicted molar refractivity (Wildman–Crippen MR) is 71.0 cm³/mol. The van der Waals surface area contributed by atoms with Gasteiger partial charge >= 0.3 is 0 Å². The molecule has 0 aromatic carbocycles. The van der Waals surface area contributed by atoms with Crippen molar-refractivity contribution in [2.24, 2.45) is 0 Å². The van der Waals surface area contributed by atoms with Crippen molar-refractivity contribution < 1.29 is 4.74 Å². The Labute approximate surface area is 105 Å². The monoisotopic (exact) mass is 242 g/mol. The van der Waals surface area contributed by atoms with Gasteiger partial charge in [-0.2, -0.15) is 0 Å². The maximum Gasteiger partial charge on any atom is 0.0980 e. The molecule has 0 saturated carbocycles. The second kappa shape index (κ2) is 8.83. The topological polar surface area (TPSA) is 12.5 Å². The molecule has 2 heteroatoms. The summed E-state index contributed by atoms with van der Waals surface area (Å²) in [5.41, 5.74) is 0. The third kappa shape index (κ3) is 6.34. The van der Waals surface area contributed by atoms with Crippen LogP contribution in [-0.4, -0.2) is 18.1 Å². The third-order valence-electron chi connectivity index (χ3n) is 2.79. The molecule has 1 heterocycles. The van der Waals surface area contributed by atoms with E-state index in [-0.39, 0.29) is 0 Å². The highest BCUT2D eigenvalue weighted by Gasteiger charge is 2.36. The van der Waals surface area contributed by atoms with Gasteiger partial charge in [0.2, 0.25) is 0 Å². The number of hydrogen-bond acceptors (Lipinski definition) is 1. The zero-order valence-electron chi connectivity index (χ0n) is 10.2. The SMILES string of the molecule is CCCCC/C=C\C/C=C\C[C@@H]1O[C@@H]1CCl. The Morgan fingerprint density at radius 1 is 1.06 bits per heavy atom. The van der Waals surface area contributed by atoms with Crippen LogP contribution in [0.3, 0.4) is 0 Å². The summed E-state index contributed by atoms with van der Waals surface area (Å²) in [6, 6.07) is 0. The number of alkyl halides is 1. The molecule has 1 rings (SSSR count). The number of hydrogen-bond donors (Lipinski definition) is 0. The summed E-state index contributed by atoms with van der Waals surface area (Å²) >= 11 is 5.66. The number of epoxide rings is 1. The second-order valence-corrected chi connectivity index (χ2v) is 4.59. The molecule has 1 aliphatic rings. The first-order chi connectivity index (χ1) is 7.88. The van der Waals surface area contributed by atoms with Crippen LogP contribution in [0.1, 0.15) is 45.4 Å². The van der Waals surface area contributed by atoms with E-state index in [0.29, 0.717) is 18.1 Å². The molecule has 0 amide bonds. The molecule has 0 spiro atoms. The van der Waals surface area contributed by atoms with E-state index in [9.17, 15) is 0 Å². The Kier molecular flexibility index (Phi) is 7.62. The van der Waals surface area contributed by atoms with Gasteiger partial charge in [-0.3, -0.25) is 0 Å². The smallest absolute Gasteiger partial charge is 0.0980 e. The van der Waals surface area contributed by atoms with Crippen molar-refractivity contribution in [1.82, 2.24) is 0 Å². The highest BCUT2D eigenvalue weighted by atomic mass is 35.5. The van der Waals surface area contributed by atoms with Crippen molar-refractivity contribution in [3.05, 3.63) is 24.3 Å². The van der Waals surface area contributed by atoms with E-state index >= 15 is 0 Å². The number of unbranched alkanes of at least 4 members (excludes halogenated alkanes) is 3. The number of rotatable bonds is 9. The Bertz CT molecular complexity index is 223. The molecule has 0 bridgehead atoms. The van der Waals surface area contributed by atoms with Crippen LogP contribution in [0.4, 0.5) is 0 Å². The van der Waals surface area contributed by atoms with E-state index < -0.39 is 0 Å². The average Bonchev–Trinajstić information content (AvgIpc) is 3.05. The fourth-order valence-electron chi connectivity index (χ4n) is 1.65. The summed E-state index contributed by atoms with van der Waals surface area (Å²) < 4.78 is 5.34. The van der Waals surface area contributed by atoms with Crippen LogP contribution in [-0.2, 0) is 4.74 Å². The lowest BCUT2D eigenvalue weighted by atomic mass is 10.2. The Hall–Kier alpha value is -0.270. The maximum absolute atomic E-state index is 5.66. The molecule has 1 saturated heterocycles. The quantitative estimate of drug-likeness (QED) is 0.252. The fraction of sp³-hybridized carbons (Fsp3) is 0.714. The number of ether oxygens (including phenoxy) is 1. The molecule has 0 aliphatic carbocycles. The second-order valence-electron chi connectivity index (χ2n) is 4.28. The average molecular weight is 243 g/mol. The van der Waals surface area contributed by atoms with E-state index in [0.717, 1.165) is 12.8 Å². The molecule has 92 valence electrons. The first-order valence-electron chi connectivity index (χ1n) is 6.40. The first-order valence-corrected chi connectivity index (χ1v) is 6.93. The highest BCUT2D eigenvalue weighted by molar-refractivity contribution is 6.18. The van der Waals surface area contributed by atoms with Crippen molar-refractivity contribution in [3.63, 3.8) is 0 Å². The van der Waals surface area contributed by atoms with E-state index in [4.69, 9.17) is 16.3 Å². The van der Waals surface area contributed by atoms with Crippen LogP contribution in [0, 0.1) is 0 Å². The Balaban J connectivity index is 1.88. The largest absolute Gasteiger partial charge is 0.368 e. The Morgan fingerprint density at radius 3 is 2.56 bits per heavy atom. The maximum atomic E-state index is 5.66. The van der Waals surface area contributed by atoms with Crippen molar-refractivity contribution in [2.75, 3.05) is 5.88 Å². The molecule has 16 heavy (non-hydrogen) atoms. The van der Waals surface area contributed by atoms with E-state index in [1.807, 2.05) is 0 Å². The molecular weight excluding hydrogens is 220 g/mol. The van der Waals surface area contributed by atoms with Crippen LogP contribution < -0.4 is 0 Å². The van der Waals surface area contributed by atoms with Crippen LogP contribution in [0.15, 0.2) is 24.3 Å². The normalized spacial score (nSPS) is 24.6. The predicted octanol–water partition coefficient (Wildman–Crippen LogP) is 4.47. The van der Waals surface area contributed by atoms with Gasteiger partial charge in [-0.1, -0.05) is 44.1 Å². The van der Waals surface area contributed by atoms with Gasteiger partial charge in [0.05, 0.1) is 18.1 Å². The molecule has 0 aromatic rings. The van der Waals surface area contributed by atoms with Gasteiger partial charge in [-0.05, 0) is 25.7 Å². The summed E-state index contributed by atoms with van der Waals surface area (Å²) in [6.07, 6.45) is 16.9. The minimum Gasteiger partial charge on any atom is -0.368 e. The van der Waals surface area contributed by atoms with Gasteiger partial charge in [-0.15, -0.1) is 11.6 Å². The lowest BCUT2D eigenvalue weighted by molar-refractivity contribution is 0.381. The van der Waals surface area contributed by atoms with Crippen molar-refractivity contribution >= 4 is 11.6 Å². The van der Waals surface area contributed by atoms with Crippen LogP contribution in [0.25, 0.3) is 0 Å². The van der Waals surface area contributed by atoms with E-state index in [1.165, 1.54) is 25.7 Å². The molecule has 1 fully saturated rings. The summed E-state index contributed by atoms with van der Waals surface area (Å²) in [4.78, 5) is 0. The summed E-state index contributed by atoms with van der Waals surface area (Å²) in [7, 11) is 0. The standard InChI is InChI=1S/C14H23ClO/c1-2-3-4-5-6-7-8-9-10-11-13-14(12-15)16-13/h6-7,9-10,13-14H,2-5,8,11-12H2,1H3/b7-6-,10-9-/t13-,14+/m0/s1. The molecule has 0 aromatic heterocycles. The van der Waals surface area contributed by atoms with Gasteiger partial charge in [0, 0.05) is 0 Å². The molecule has 2 atom stereocenters. The van der Waals surface area contributed by atoms with E-state index in [2.05, 4.69) is 31.2 Å².